The van der Waals surface area contributed by atoms with Crippen LogP contribution in [0.1, 0.15) is 17.9 Å². The van der Waals surface area contributed by atoms with Crippen LogP contribution in [0, 0.1) is 12.7 Å². The molecule has 25 heavy (non-hydrogen) atoms. The fourth-order valence-corrected chi connectivity index (χ4v) is 3.55. The number of ether oxygens (including phenoxy) is 1. The van der Waals surface area contributed by atoms with E-state index in [1.165, 1.54) is 23.9 Å². The molecule has 0 unspecified atom stereocenters. The van der Waals surface area contributed by atoms with Crippen LogP contribution in [0.4, 0.5) is 4.39 Å². The van der Waals surface area contributed by atoms with Crippen molar-refractivity contribution in [1.29, 1.82) is 0 Å². The lowest BCUT2D eigenvalue weighted by molar-refractivity contribution is -0.144. The molecule has 3 aromatic rings. The third-order valence-electron chi connectivity index (χ3n) is 3.38. The van der Waals surface area contributed by atoms with Crippen LogP contribution in [0.25, 0.3) is 10.8 Å². The molecule has 0 bridgehead atoms. The predicted octanol–water partition coefficient (Wildman–Crippen LogP) is 5.08. The number of nitrogens with zero attached hydrogens (tertiary/aromatic N) is 1. The van der Waals surface area contributed by atoms with Gasteiger partial charge < -0.3 is 9.15 Å². The molecule has 0 spiro atoms. The Bertz CT molecular complexity index is 829. The summed E-state index contributed by atoms with van der Waals surface area (Å²) in [7, 11) is 0. The summed E-state index contributed by atoms with van der Waals surface area (Å²) in [5.41, 5.74) is 0.628. The second-order valence-electron chi connectivity index (χ2n) is 5.21. The molecule has 0 aliphatic carbocycles. The van der Waals surface area contributed by atoms with Crippen molar-refractivity contribution in [3.63, 3.8) is 0 Å². The molecule has 0 saturated heterocycles. The average Bonchev–Trinajstić information content (AvgIpc) is 3.24. The first kappa shape index (κ1) is 17.7. The Morgan fingerprint density at radius 1 is 1.32 bits per heavy atom. The number of hydrogen-bond donors (Lipinski definition) is 0. The maximum atomic E-state index is 12.8. The predicted molar refractivity (Wildman–Crippen MR) is 96.1 cm³/mol. The second kappa shape index (κ2) is 8.31. The van der Waals surface area contributed by atoms with Crippen LogP contribution in [0.15, 0.2) is 51.1 Å². The van der Waals surface area contributed by atoms with Gasteiger partial charge in [-0.05, 0) is 42.6 Å². The summed E-state index contributed by atoms with van der Waals surface area (Å²) < 4.78 is 23.7. The van der Waals surface area contributed by atoms with Gasteiger partial charge in [0.25, 0.3) is 0 Å². The molecule has 0 amide bonds. The number of halogens is 1. The fraction of sp³-hybridized carbons (Fsp3) is 0.222. The molecule has 0 fully saturated rings. The Balaban J connectivity index is 1.45. The summed E-state index contributed by atoms with van der Waals surface area (Å²) in [6, 6.07) is 10.0. The van der Waals surface area contributed by atoms with Crippen LogP contribution < -0.4 is 0 Å². The number of oxazole rings is 1. The zero-order valence-corrected chi connectivity index (χ0v) is 15.2. The lowest BCUT2D eigenvalue weighted by atomic mass is 10.4. The van der Waals surface area contributed by atoms with Crippen molar-refractivity contribution in [1.82, 2.24) is 4.98 Å². The number of carbonyl (C=O) groups is 1. The van der Waals surface area contributed by atoms with Crippen LogP contribution in [0.2, 0.25) is 0 Å². The number of carbonyl (C=O) groups excluding carboxylic acids is 1. The highest BCUT2D eigenvalue weighted by molar-refractivity contribution is 7.99. The molecular weight excluding hydrogens is 361 g/mol. The summed E-state index contributed by atoms with van der Waals surface area (Å²) in [6.45, 7) is 1.90. The number of thioether (sulfide) groups is 1. The molecule has 130 valence electrons. The first-order valence-corrected chi connectivity index (χ1v) is 9.52. The Kier molecular flexibility index (Phi) is 5.88. The minimum atomic E-state index is -0.297. The van der Waals surface area contributed by atoms with Gasteiger partial charge in [0.05, 0.1) is 11.3 Å². The van der Waals surface area contributed by atoms with Crippen molar-refractivity contribution in [2.24, 2.45) is 0 Å². The molecule has 3 rings (SSSR count). The van der Waals surface area contributed by atoms with E-state index in [0.29, 0.717) is 23.1 Å². The van der Waals surface area contributed by atoms with Crippen LogP contribution in [-0.4, -0.2) is 16.7 Å². The third-order valence-corrected chi connectivity index (χ3v) is 5.25. The molecule has 0 aliphatic heterocycles. The van der Waals surface area contributed by atoms with E-state index in [4.69, 9.17) is 9.15 Å². The number of benzene rings is 1. The molecule has 7 heteroatoms. The Morgan fingerprint density at radius 3 is 2.84 bits per heavy atom. The molecular formula is C18H16FNO3S2. The highest BCUT2D eigenvalue weighted by Gasteiger charge is 2.14. The Hall–Kier alpha value is -2.12. The van der Waals surface area contributed by atoms with Gasteiger partial charge in [-0.15, -0.1) is 23.1 Å². The monoisotopic (exact) mass is 377 g/mol. The van der Waals surface area contributed by atoms with Crippen molar-refractivity contribution < 1.29 is 18.3 Å². The normalized spacial score (nSPS) is 10.8. The summed E-state index contributed by atoms with van der Waals surface area (Å²) in [4.78, 5) is 18.1. The summed E-state index contributed by atoms with van der Waals surface area (Å²) >= 11 is 3.03. The number of aromatic nitrogens is 1. The number of rotatable bonds is 7. The van der Waals surface area contributed by atoms with Crippen LogP contribution in [0.3, 0.4) is 0 Å². The highest BCUT2D eigenvalue weighted by atomic mass is 32.2. The molecule has 0 aliphatic rings. The summed E-state index contributed by atoms with van der Waals surface area (Å²) in [6.07, 6.45) is 0.275. The van der Waals surface area contributed by atoms with Gasteiger partial charge in [-0.3, -0.25) is 4.79 Å². The molecule has 2 heterocycles. The SMILES string of the molecule is Cc1oc(-c2cccs2)nc1COC(=O)CCSc1ccc(F)cc1. The minimum absolute atomic E-state index is 0.0980. The van der Waals surface area contributed by atoms with E-state index >= 15 is 0 Å². The molecule has 0 atom stereocenters. The van der Waals surface area contributed by atoms with Gasteiger partial charge in [-0.1, -0.05) is 6.07 Å². The number of aryl methyl sites for hydroxylation is 1. The molecule has 1 aromatic carbocycles. The van der Waals surface area contributed by atoms with Gasteiger partial charge in [-0.2, -0.15) is 0 Å². The third kappa shape index (κ3) is 4.93. The van der Waals surface area contributed by atoms with Gasteiger partial charge in [0, 0.05) is 10.6 Å². The van der Waals surface area contributed by atoms with Crippen molar-refractivity contribution in [2.45, 2.75) is 24.8 Å². The Morgan fingerprint density at radius 2 is 2.12 bits per heavy atom. The first-order chi connectivity index (χ1) is 12.1. The highest BCUT2D eigenvalue weighted by Crippen LogP contribution is 2.26. The second-order valence-corrected chi connectivity index (χ2v) is 7.33. The lowest BCUT2D eigenvalue weighted by Gasteiger charge is -2.03. The maximum absolute atomic E-state index is 12.8. The average molecular weight is 377 g/mol. The largest absolute Gasteiger partial charge is 0.459 e. The minimum Gasteiger partial charge on any atom is -0.459 e. The quantitative estimate of drug-likeness (QED) is 0.425. The van der Waals surface area contributed by atoms with Crippen LogP contribution >= 0.6 is 23.1 Å². The molecule has 0 saturated carbocycles. The van der Waals surface area contributed by atoms with Crippen molar-refractivity contribution in [3.8, 4) is 10.8 Å². The van der Waals surface area contributed by atoms with E-state index < -0.39 is 0 Å². The fourth-order valence-electron chi connectivity index (χ4n) is 2.07. The molecule has 0 N–H and O–H groups in total. The van der Waals surface area contributed by atoms with Crippen LogP contribution in [-0.2, 0) is 16.1 Å². The molecule has 0 radical (unpaired) electrons. The van der Waals surface area contributed by atoms with E-state index in [1.54, 1.807) is 30.4 Å². The van der Waals surface area contributed by atoms with E-state index in [9.17, 15) is 9.18 Å². The van der Waals surface area contributed by atoms with Crippen molar-refractivity contribution in [3.05, 3.63) is 59.0 Å². The van der Waals surface area contributed by atoms with Gasteiger partial charge >= 0.3 is 5.97 Å². The standard InChI is InChI=1S/C18H16FNO3S2/c1-12-15(20-18(23-12)16-3-2-9-25-16)11-22-17(21)8-10-24-14-6-4-13(19)5-7-14/h2-7,9H,8,10-11H2,1H3. The molecule has 2 aromatic heterocycles. The van der Waals surface area contributed by atoms with E-state index in [-0.39, 0.29) is 24.8 Å². The zero-order chi connectivity index (χ0) is 17.6. The van der Waals surface area contributed by atoms with Crippen LogP contribution in [0.5, 0.6) is 0 Å². The van der Waals surface area contributed by atoms with Gasteiger partial charge in [0.1, 0.15) is 23.9 Å². The first-order valence-electron chi connectivity index (χ1n) is 7.66. The van der Waals surface area contributed by atoms with Crippen molar-refractivity contribution >= 4 is 29.1 Å². The summed E-state index contributed by atoms with van der Waals surface area (Å²) in [5, 5.41) is 1.95. The van der Waals surface area contributed by atoms with Gasteiger partial charge in [-0.25, -0.2) is 9.37 Å². The number of esters is 1. The number of thiophene rings is 1. The summed E-state index contributed by atoms with van der Waals surface area (Å²) in [5.74, 6) is 1.20. The Labute approximate surface area is 153 Å². The number of hydrogen-bond acceptors (Lipinski definition) is 6. The van der Waals surface area contributed by atoms with Gasteiger partial charge in [0.2, 0.25) is 5.89 Å². The zero-order valence-electron chi connectivity index (χ0n) is 13.5. The van der Waals surface area contributed by atoms with Crippen molar-refractivity contribution in [2.75, 3.05) is 5.75 Å². The lowest BCUT2D eigenvalue weighted by Crippen LogP contribution is -2.06. The molecule has 4 nitrogen and oxygen atoms in total. The maximum Gasteiger partial charge on any atom is 0.307 e. The van der Waals surface area contributed by atoms with E-state index in [1.807, 2.05) is 17.5 Å². The van der Waals surface area contributed by atoms with E-state index in [2.05, 4.69) is 4.98 Å². The topological polar surface area (TPSA) is 52.3 Å². The smallest absolute Gasteiger partial charge is 0.307 e. The van der Waals surface area contributed by atoms with Gasteiger partial charge in [0.15, 0.2) is 0 Å². The van der Waals surface area contributed by atoms with E-state index in [0.717, 1.165) is 9.77 Å².